The van der Waals surface area contributed by atoms with E-state index in [1.165, 1.54) is 19.3 Å². The van der Waals surface area contributed by atoms with Crippen molar-refractivity contribution < 1.29 is 9.53 Å². The van der Waals surface area contributed by atoms with Crippen molar-refractivity contribution in [3.8, 4) is 0 Å². The van der Waals surface area contributed by atoms with Crippen molar-refractivity contribution in [3.63, 3.8) is 0 Å². The summed E-state index contributed by atoms with van der Waals surface area (Å²) in [5.74, 6) is 3.31. The lowest BCUT2D eigenvalue weighted by molar-refractivity contribution is -0.135. The van der Waals surface area contributed by atoms with Crippen molar-refractivity contribution >= 4 is 11.9 Å². The summed E-state index contributed by atoms with van der Waals surface area (Å²) in [7, 11) is 0. The van der Waals surface area contributed by atoms with Gasteiger partial charge in [-0.2, -0.15) is 0 Å². The summed E-state index contributed by atoms with van der Waals surface area (Å²) in [6.07, 6.45) is 3.89. The van der Waals surface area contributed by atoms with Crippen molar-refractivity contribution in [2.45, 2.75) is 40.0 Å². The van der Waals surface area contributed by atoms with Crippen molar-refractivity contribution in [3.05, 3.63) is 0 Å². The van der Waals surface area contributed by atoms with Gasteiger partial charge in [0.2, 0.25) is 5.91 Å². The highest BCUT2D eigenvalue weighted by molar-refractivity contribution is 5.80. The Bertz CT molecular complexity index is 533. The molecule has 3 aliphatic rings. The maximum absolute atomic E-state index is 12.8. The molecule has 0 aromatic heterocycles. The molecule has 2 unspecified atom stereocenters. The average molecular weight is 408 g/mol. The second kappa shape index (κ2) is 11.2. The lowest BCUT2D eigenvalue weighted by Crippen LogP contribution is -2.55. The minimum atomic E-state index is 0.297. The standard InChI is InChI=1S/C22H41N5O2/c1-4-23-22(24-7-12-29-17-20-5-6-20)26-10-8-25(9-11-26)16-21(28)27-14-18(2)13-19(3)15-27/h18-20H,4-17H2,1-3H3,(H,23,24). The van der Waals surface area contributed by atoms with Crippen LogP contribution >= 0.6 is 0 Å². The first-order valence-corrected chi connectivity index (χ1v) is 11.7. The lowest BCUT2D eigenvalue weighted by Gasteiger charge is -2.39. The Hall–Kier alpha value is -1.34. The fourth-order valence-corrected chi connectivity index (χ4v) is 4.45. The first-order chi connectivity index (χ1) is 14.0. The van der Waals surface area contributed by atoms with Crippen LogP contribution in [0.2, 0.25) is 0 Å². The Labute approximate surface area is 176 Å². The van der Waals surface area contributed by atoms with Gasteiger partial charge >= 0.3 is 0 Å². The summed E-state index contributed by atoms with van der Waals surface area (Å²) >= 11 is 0. The predicted octanol–water partition coefficient (Wildman–Crippen LogP) is 1.50. The number of aliphatic imine (C=N–C) groups is 1. The second-order valence-electron chi connectivity index (χ2n) is 9.26. The molecule has 1 aliphatic carbocycles. The van der Waals surface area contributed by atoms with Crippen LogP contribution in [0.15, 0.2) is 4.99 Å². The van der Waals surface area contributed by atoms with Crippen molar-refractivity contribution in [2.24, 2.45) is 22.7 Å². The second-order valence-corrected chi connectivity index (χ2v) is 9.26. The zero-order chi connectivity index (χ0) is 20.6. The van der Waals surface area contributed by atoms with E-state index in [1.807, 2.05) is 0 Å². The molecule has 3 rings (SSSR count). The van der Waals surface area contributed by atoms with Gasteiger partial charge in [0, 0.05) is 52.4 Å². The van der Waals surface area contributed by atoms with Gasteiger partial charge in [-0.25, -0.2) is 0 Å². The van der Waals surface area contributed by atoms with Crippen molar-refractivity contribution in [2.75, 3.05) is 72.1 Å². The van der Waals surface area contributed by atoms with Crippen LogP contribution < -0.4 is 5.32 Å². The van der Waals surface area contributed by atoms with Gasteiger partial charge in [-0.05, 0) is 43.9 Å². The van der Waals surface area contributed by atoms with E-state index in [4.69, 9.17) is 9.73 Å². The summed E-state index contributed by atoms with van der Waals surface area (Å²) in [6, 6.07) is 0. The first kappa shape index (κ1) is 22.3. The van der Waals surface area contributed by atoms with E-state index in [9.17, 15) is 4.79 Å². The normalized spacial score (nSPS) is 26.7. The fraction of sp³-hybridized carbons (Fsp3) is 0.909. The molecule has 29 heavy (non-hydrogen) atoms. The van der Waals surface area contributed by atoms with Crippen LogP contribution in [0, 0.1) is 17.8 Å². The van der Waals surface area contributed by atoms with Crippen LogP contribution in [0.5, 0.6) is 0 Å². The molecule has 0 spiro atoms. The Morgan fingerprint density at radius 2 is 1.76 bits per heavy atom. The maximum Gasteiger partial charge on any atom is 0.236 e. The zero-order valence-electron chi connectivity index (χ0n) is 18.7. The van der Waals surface area contributed by atoms with Crippen molar-refractivity contribution in [1.82, 2.24) is 20.0 Å². The topological polar surface area (TPSA) is 60.4 Å². The number of hydrogen-bond donors (Lipinski definition) is 1. The van der Waals surface area contributed by atoms with Gasteiger partial charge in [0.05, 0.1) is 19.7 Å². The number of piperidine rings is 1. The van der Waals surface area contributed by atoms with Gasteiger partial charge in [-0.1, -0.05) is 13.8 Å². The number of ether oxygens (including phenoxy) is 1. The van der Waals surface area contributed by atoms with E-state index in [-0.39, 0.29) is 0 Å². The molecular weight excluding hydrogens is 366 g/mol. The highest BCUT2D eigenvalue weighted by Gasteiger charge is 2.28. The van der Waals surface area contributed by atoms with Gasteiger partial charge in [0.1, 0.15) is 0 Å². The summed E-state index contributed by atoms with van der Waals surface area (Å²) in [5.41, 5.74) is 0. The van der Waals surface area contributed by atoms with Crippen LogP contribution in [0.1, 0.15) is 40.0 Å². The van der Waals surface area contributed by atoms with Gasteiger partial charge in [0.15, 0.2) is 5.96 Å². The summed E-state index contributed by atoms with van der Waals surface area (Å²) < 4.78 is 5.70. The average Bonchev–Trinajstić information content (AvgIpc) is 3.51. The fourth-order valence-electron chi connectivity index (χ4n) is 4.45. The lowest BCUT2D eigenvalue weighted by atomic mass is 9.92. The maximum atomic E-state index is 12.8. The molecule has 1 N–H and O–H groups in total. The van der Waals surface area contributed by atoms with E-state index in [2.05, 4.69) is 40.8 Å². The third kappa shape index (κ3) is 7.45. The molecule has 1 amide bonds. The Morgan fingerprint density at radius 1 is 1.07 bits per heavy atom. The third-order valence-corrected chi connectivity index (χ3v) is 6.13. The van der Waals surface area contributed by atoms with E-state index < -0.39 is 0 Å². The number of rotatable bonds is 8. The molecule has 2 atom stereocenters. The zero-order valence-corrected chi connectivity index (χ0v) is 18.7. The SMILES string of the molecule is CCNC(=NCCOCC1CC1)N1CCN(CC(=O)N2CC(C)CC(C)C2)CC1. The smallest absolute Gasteiger partial charge is 0.236 e. The number of hydrogen-bond acceptors (Lipinski definition) is 4. The van der Waals surface area contributed by atoms with Crippen LogP contribution in [-0.4, -0.2) is 98.7 Å². The number of carbonyl (C=O) groups is 1. The quantitative estimate of drug-likeness (QED) is 0.375. The van der Waals surface area contributed by atoms with E-state index >= 15 is 0 Å². The summed E-state index contributed by atoms with van der Waals surface area (Å²) in [6.45, 7) is 15.8. The Morgan fingerprint density at radius 3 is 2.38 bits per heavy atom. The highest BCUT2D eigenvalue weighted by Crippen LogP contribution is 2.28. The molecule has 7 nitrogen and oxygen atoms in total. The molecule has 0 bridgehead atoms. The molecule has 2 aliphatic heterocycles. The van der Waals surface area contributed by atoms with Crippen LogP contribution in [0.25, 0.3) is 0 Å². The van der Waals surface area contributed by atoms with Gasteiger partial charge in [0.25, 0.3) is 0 Å². The Balaban J connectivity index is 1.39. The molecule has 2 saturated heterocycles. The minimum absolute atomic E-state index is 0.297. The molecular formula is C22H41N5O2. The predicted molar refractivity (Wildman–Crippen MR) is 117 cm³/mol. The minimum Gasteiger partial charge on any atom is -0.379 e. The largest absolute Gasteiger partial charge is 0.379 e. The van der Waals surface area contributed by atoms with Crippen molar-refractivity contribution in [1.29, 1.82) is 0 Å². The van der Waals surface area contributed by atoms with Crippen LogP contribution in [-0.2, 0) is 9.53 Å². The molecule has 166 valence electrons. The monoisotopic (exact) mass is 407 g/mol. The number of nitrogens with one attached hydrogen (secondary N) is 1. The molecule has 0 aromatic carbocycles. The number of guanidine groups is 1. The number of likely N-dealkylation sites (tertiary alicyclic amines) is 1. The molecule has 1 saturated carbocycles. The number of nitrogens with zero attached hydrogens (tertiary/aromatic N) is 4. The van der Waals surface area contributed by atoms with Crippen LogP contribution in [0.4, 0.5) is 0 Å². The molecule has 0 radical (unpaired) electrons. The molecule has 0 aromatic rings. The van der Waals surface area contributed by atoms with Crippen LogP contribution in [0.3, 0.4) is 0 Å². The van der Waals surface area contributed by atoms with E-state index in [0.717, 1.165) is 64.3 Å². The Kier molecular flexibility index (Phi) is 8.60. The summed E-state index contributed by atoms with van der Waals surface area (Å²) in [5, 5.41) is 3.41. The molecule has 7 heteroatoms. The molecule has 3 fully saturated rings. The number of piperazine rings is 1. The third-order valence-electron chi connectivity index (χ3n) is 6.13. The number of amides is 1. The van der Waals surface area contributed by atoms with E-state index in [1.54, 1.807) is 0 Å². The van der Waals surface area contributed by atoms with Gasteiger partial charge < -0.3 is 19.9 Å². The van der Waals surface area contributed by atoms with Gasteiger partial charge in [-0.3, -0.25) is 14.7 Å². The molecule has 2 heterocycles. The summed E-state index contributed by atoms with van der Waals surface area (Å²) in [4.78, 5) is 24.2. The number of carbonyl (C=O) groups excluding carboxylic acids is 1. The van der Waals surface area contributed by atoms with E-state index in [0.29, 0.717) is 37.4 Å². The first-order valence-electron chi connectivity index (χ1n) is 11.7. The highest BCUT2D eigenvalue weighted by atomic mass is 16.5. The van der Waals surface area contributed by atoms with Gasteiger partial charge in [-0.15, -0.1) is 0 Å².